The van der Waals surface area contributed by atoms with E-state index in [0.29, 0.717) is 10.7 Å². The number of aryl methyl sites for hydroxylation is 1. The molecule has 0 saturated heterocycles. The van der Waals surface area contributed by atoms with Crippen LogP contribution in [-0.4, -0.2) is 26.9 Å². The minimum Gasteiger partial charge on any atom is -0.352 e. The number of rotatable bonds is 6. The summed E-state index contributed by atoms with van der Waals surface area (Å²) in [5.41, 5.74) is 1.47. The first-order chi connectivity index (χ1) is 13.4. The second-order valence-corrected chi connectivity index (χ2v) is 9.50. The third-order valence-corrected chi connectivity index (χ3v) is 7.02. The highest BCUT2D eigenvalue weighted by molar-refractivity contribution is 7.92. The van der Waals surface area contributed by atoms with E-state index in [1.807, 2.05) is 19.1 Å². The summed E-state index contributed by atoms with van der Waals surface area (Å²) < 4.78 is 27.7. The molecular weight excluding hydrogens is 396 g/mol. The summed E-state index contributed by atoms with van der Waals surface area (Å²) in [6.45, 7) is 1.67. The van der Waals surface area contributed by atoms with Crippen molar-refractivity contribution in [2.45, 2.75) is 50.0 Å². The number of amides is 1. The van der Waals surface area contributed by atoms with E-state index in [2.05, 4.69) is 5.32 Å². The average molecular weight is 421 g/mol. The molecule has 1 saturated carbocycles. The second-order valence-electron chi connectivity index (χ2n) is 7.20. The highest BCUT2D eigenvalue weighted by Crippen LogP contribution is 2.25. The number of carbonyl (C=O) groups is 1. The number of sulfonamides is 1. The monoisotopic (exact) mass is 420 g/mol. The predicted octanol–water partition coefficient (Wildman–Crippen LogP) is 4.29. The van der Waals surface area contributed by atoms with Crippen molar-refractivity contribution in [1.82, 2.24) is 5.32 Å². The van der Waals surface area contributed by atoms with Crippen molar-refractivity contribution in [3.05, 3.63) is 59.1 Å². The van der Waals surface area contributed by atoms with Crippen LogP contribution in [0.2, 0.25) is 5.02 Å². The molecule has 0 atom stereocenters. The summed E-state index contributed by atoms with van der Waals surface area (Å²) in [6.07, 6.45) is 5.26. The lowest BCUT2D eigenvalue weighted by Gasteiger charge is -2.27. The van der Waals surface area contributed by atoms with E-state index in [4.69, 9.17) is 11.6 Å². The van der Waals surface area contributed by atoms with Crippen LogP contribution in [0.15, 0.2) is 53.4 Å². The molecule has 0 spiro atoms. The molecule has 1 aliphatic rings. The number of nitrogens with one attached hydrogen (secondary N) is 1. The Morgan fingerprint density at radius 1 is 1.04 bits per heavy atom. The third kappa shape index (κ3) is 5.06. The van der Waals surface area contributed by atoms with E-state index in [9.17, 15) is 13.2 Å². The van der Waals surface area contributed by atoms with Crippen LogP contribution in [0.25, 0.3) is 0 Å². The third-order valence-electron chi connectivity index (χ3n) is 4.98. The van der Waals surface area contributed by atoms with Gasteiger partial charge in [0.05, 0.1) is 10.6 Å². The lowest BCUT2D eigenvalue weighted by molar-refractivity contribution is -0.120. The van der Waals surface area contributed by atoms with E-state index >= 15 is 0 Å². The van der Waals surface area contributed by atoms with Crippen LogP contribution in [0.3, 0.4) is 0 Å². The molecule has 5 nitrogen and oxygen atoms in total. The molecule has 0 radical (unpaired) electrons. The Kier molecular flexibility index (Phi) is 6.62. The lowest BCUT2D eigenvalue weighted by atomic mass is 9.95. The second kappa shape index (κ2) is 8.97. The zero-order valence-electron chi connectivity index (χ0n) is 15.9. The Labute approximate surface area is 171 Å². The van der Waals surface area contributed by atoms with E-state index in [-0.39, 0.29) is 23.4 Å². The molecule has 0 aromatic heterocycles. The van der Waals surface area contributed by atoms with Crippen LogP contribution in [0.5, 0.6) is 0 Å². The van der Waals surface area contributed by atoms with Gasteiger partial charge in [-0.25, -0.2) is 8.42 Å². The highest BCUT2D eigenvalue weighted by atomic mass is 35.5. The Morgan fingerprint density at radius 2 is 1.64 bits per heavy atom. The Morgan fingerprint density at radius 3 is 2.25 bits per heavy atom. The van der Waals surface area contributed by atoms with E-state index < -0.39 is 10.0 Å². The van der Waals surface area contributed by atoms with Crippen molar-refractivity contribution in [3.63, 3.8) is 0 Å². The van der Waals surface area contributed by atoms with E-state index in [1.54, 1.807) is 12.1 Å². The fraction of sp³-hybridized carbons (Fsp3) is 0.381. The first kappa shape index (κ1) is 20.7. The molecule has 7 heteroatoms. The predicted molar refractivity (Wildman–Crippen MR) is 112 cm³/mol. The quantitative estimate of drug-likeness (QED) is 0.757. The van der Waals surface area contributed by atoms with Crippen molar-refractivity contribution in [1.29, 1.82) is 0 Å². The maximum atomic E-state index is 13.3. The summed E-state index contributed by atoms with van der Waals surface area (Å²) in [7, 11) is -3.91. The van der Waals surface area contributed by atoms with Crippen LogP contribution in [0, 0.1) is 6.92 Å². The number of benzene rings is 2. The average Bonchev–Trinajstić information content (AvgIpc) is 2.68. The normalized spacial score (nSPS) is 15.2. The minimum absolute atomic E-state index is 0.0999. The largest absolute Gasteiger partial charge is 0.352 e. The van der Waals surface area contributed by atoms with Gasteiger partial charge in [0.25, 0.3) is 10.0 Å². The van der Waals surface area contributed by atoms with Crippen LogP contribution in [0.1, 0.15) is 37.7 Å². The number of hydrogen-bond donors (Lipinski definition) is 1. The molecule has 2 aromatic carbocycles. The van der Waals surface area contributed by atoms with Crippen LogP contribution in [0.4, 0.5) is 5.69 Å². The van der Waals surface area contributed by atoms with Crippen LogP contribution in [-0.2, 0) is 14.8 Å². The lowest BCUT2D eigenvalue weighted by Crippen LogP contribution is -2.44. The van der Waals surface area contributed by atoms with Gasteiger partial charge in [-0.3, -0.25) is 9.10 Å². The van der Waals surface area contributed by atoms with Gasteiger partial charge in [-0.1, -0.05) is 48.6 Å². The van der Waals surface area contributed by atoms with Gasteiger partial charge in [0.2, 0.25) is 5.91 Å². The zero-order valence-corrected chi connectivity index (χ0v) is 17.5. The van der Waals surface area contributed by atoms with E-state index in [0.717, 1.165) is 35.6 Å². The maximum absolute atomic E-state index is 13.3. The van der Waals surface area contributed by atoms with Crippen molar-refractivity contribution in [3.8, 4) is 0 Å². The summed E-state index contributed by atoms with van der Waals surface area (Å²) in [5, 5.41) is 3.45. The van der Waals surface area contributed by atoms with Gasteiger partial charge >= 0.3 is 0 Å². The molecule has 3 rings (SSSR count). The fourth-order valence-electron chi connectivity index (χ4n) is 3.41. The SMILES string of the molecule is Cc1ccc(N(CC(=O)NC2CCCCC2)S(=O)(=O)c2ccc(Cl)cc2)cc1. The molecular formula is C21H25ClN2O3S. The maximum Gasteiger partial charge on any atom is 0.264 e. The molecule has 28 heavy (non-hydrogen) atoms. The number of carbonyl (C=O) groups excluding carboxylic acids is 1. The number of hydrogen-bond acceptors (Lipinski definition) is 3. The topological polar surface area (TPSA) is 66.5 Å². The first-order valence-electron chi connectivity index (χ1n) is 9.50. The van der Waals surface area contributed by atoms with Gasteiger partial charge < -0.3 is 5.32 Å². The van der Waals surface area contributed by atoms with Gasteiger partial charge in [0.1, 0.15) is 6.54 Å². The molecule has 1 N–H and O–H groups in total. The molecule has 2 aromatic rings. The van der Waals surface area contributed by atoms with Gasteiger partial charge in [-0.15, -0.1) is 0 Å². The highest BCUT2D eigenvalue weighted by Gasteiger charge is 2.28. The number of nitrogens with zero attached hydrogens (tertiary/aromatic N) is 1. The molecule has 1 aliphatic carbocycles. The minimum atomic E-state index is -3.91. The number of anilines is 1. The van der Waals surface area contributed by atoms with Crippen molar-refractivity contribution < 1.29 is 13.2 Å². The van der Waals surface area contributed by atoms with Crippen LogP contribution >= 0.6 is 11.6 Å². The Hall–Kier alpha value is -2.05. The molecule has 1 amide bonds. The molecule has 0 aliphatic heterocycles. The van der Waals surface area contributed by atoms with Gasteiger partial charge in [-0.2, -0.15) is 0 Å². The standard InChI is InChI=1S/C21H25ClN2O3S/c1-16-7-11-19(12-8-16)24(15-21(25)23-18-5-3-2-4-6-18)28(26,27)20-13-9-17(22)10-14-20/h7-14,18H,2-6,15H2,1H3,(H,23,25). The zero-order chi connectivity index (χ0) is 20.1. The van der Waals surface area contributed by atoms with Gasteiger partial charge in [0, 0.05) is 11.1 Å². The molecule has 0 bridgehead atoms. The fourth-order valence-corrected chi connectivity index (χ4v) is 4.96. The van der Waals surface area contributed by atoms with Gasteiger partial charge in [-0.05, 0) is 56.2 Å². The summed E-state index contributed by atoms with van der Waals surface area (Å²) in [4.78, 5) is 12.8. The summed E-state index contributed by atoms with van der Waals surface area (Å²) in [6, 6.07) is 13.2. The Bertz CT molecular complexity index is 906. The van der Waals surface area contributed by atoms with Crippen molar-refractivity contribution in [2.75, 3.05) is 10.8 Å². The Balaban J connectivity index is 1.87. The van der Waals surface area contributed by atoms with Gasteiger partial charge in [0.15, 0.2) is 0 Å². The summed E-state index contributed by atoms with van der Waals surface area (Å²) in [5.74, 6) is -0.287. The molecule has 0 unspecified atom stereocenters. The van der Waals surface area contributed by atoms with Crippen molar-refractivity contribution >= 4 is 33.2 Å². The number of halogens is 1. The molecule has 150 valence electrons. The first-order valence-corrected chi connectivity index (χ1v) is 11.3. The molecule has 0 heterocycles. The molecule has 1 fully saturated rings. The van der Waals surface area contributed by atoms with E-state index in [1.165, 1.54) is 30.7 Å². The van der Waals surface area contributed by atoms with Crippen molar-refractivity contribution in [2.24, 2.45) is 0 Å². The van der Waals surface area contributed by atoms with Crippen LogP contribution < -0.4 is 9.62 Å². The smallest absolute Gasteiger partial charge is 0.264 e. The summed E-state index contributed by atoms with van der Waals surface area (Å²) >= 11 is 5.90.